The van der Waals surface area contributed by atoms with Crippen LogP contribution in [0.4, 0.5) is 33.5 Å². The van der Waals surface area contributed by atoms with Crippen molar-refractivity contribution < 1.29 is 26.7 Å². The van der Waals surface area contributed by atoms with Gasteiger partial charge in [0, 0.05) is 44.2 Å². The SMILES string of the molecule is Cn1cc(NC(=O)c2c(C3CC(F)(F)CCC3N)nn3ccc(N)nc23)c(C(F)(F)F)n1. The van der Waals surface area contributed by atoms with Gasteiger partial charge in [-0.25, -0.2) is 18.3 Å². The van der Waals surface area contributed by atoms with Gasteiger partial charge in [0.1, 0.15) is 11.4 Å². The van der Waals surface area contributed by atoms with E-state index in [0.717, 1.165) is 15.4 Å². The summed E-state index contributed by atoms with van der Waals surface area (Å²) >= 11 is 0. The van der Waals surface area contributed by atoms with Crippen molar-refractivity contribution in [3.63, 3.8) is 0 Å². The summed E-state index contributed by atoms with van der Waals surface area (Å²) in [5.74, 6) is -5.05. The fourth-order valence-electron chi connectivity index (χ4n) is 3.87. The van der Waals surface area contributed by atoms with Crippen LogP contribution in [-0.4, -0.2) is 42.3 Å². The van der Waals surface area contributed by atoms with E-state index in [1.807, 2.05) is 0 Å². The number of halogens is 5. The second-order valence-electron chi connectivity index (χ2n) is 7.77. The Labute approximate surface area is 177 Å². The van der Waals surface area contributed by atoms with Crippen molar-refractivity contribution in [3.8, 4) is 0 Å². The third kappa shape index (κ3) is 3.97. The Morgan fingerprint density at radius 1 is 1.31 bits per heavy atom. The summed E-state index contributed by atoms with van der Waals surface area (Å²) in [5, 5.41) is 9.71. The first-order chi connectivity index (χ1) is 14.9. The molecule has 32 heavy (non-hydrogen) atoms. The number of nitrogen functional groups attached to an aromatic ring is 1. The predicted octanol–water partition coefficient (Wildman–Crippen LogP) is 2.55. The highest BCUT2D eigenvalue weighted by Gasteiger charge is 2.44. The number of rotatable bonds is 3. The van der Waals surface area contributed by atoms with Gasteiger partial charge in [-0.15, -0.1) is 0 Å². The molecule has 0 radical (unpaired) electrons. The predicted molar refractivity (Wildman–Crippen MR) is 103 cm³/mol. The van der Waals surface area contributed by atoms with Crippen LogP contribution < -0.4 is 16.8 Å². The van der Waals surface area contributed by atoms with E-state index < -0.39 is 54.2 Å². The molecule has 2 unspecified atom stereocenters. The normalized spacial score (nSPS) is 21.1. The molecule has 0 aromatic carbocycles. The quantitative estimate of drug-likeness (QED) is 0.518. The van der Waals surface area contributed by atoms with Gasteiger partial charge in [0.15, 0.2) is 11.3 Å². The molecule has 1 fully saturated rings. The van der Waals surface area contributed by atoms with Crippen LogP contribution in [0.25, 0.3) is 5.65 Å². The molecule has 1 aliphatic rings. The largest absolute Gasteiger partial charge is 0.437 e. The lowest BCUT2D eigenvalue weighted by Crippen LogP contribution is -2.40. The highest BCUT2D eigenvalue weighted by molar-refractivity contribution is 6.09. The topological polar surface area (TPSA) is 129 Å². The number of aromatic nitrogens is 5. The highest BCUT2D eigenvalue weighted by atomic mass is 19.4. The number of anilines is 2. The fourth-order valence-corrected chi connectivity index (χ4v) is 3.87. The van der Waals surface area contributed by atoms with Crippen molar-refractivity contribution in [2.75, 3.05) is 11.1 Å². The number of nitrogens with one attached hydrogen (secondary N) is 1. The molecule has 0 spiro atoms. The van der Waals surface area contributed by atoms with Crippen molar-refractivity contribution in [2.24, 2.45) is 12.8 Å². The van der Waals surface area contributed by atoms with E-state index in [1.165, 1.54) is 19.3 Å². The smallest absolute Gasteiger partial charge is 0.384 e. The van der Waals surface area contributed by atoms with Gasteiger partial charge >= 0.3 is 6.18 Å². The van der Waals surface area contributed by atoms with Crippen LogP contribution in [0.3, 0.4) is 0 Å². The maximum Gasteiger partial charge on any atom is 0.437 e. The number of alkyl halides is 5. The number of aryl methyl sites for hydroxylation is 1. The van der Waals surface area contributed by atoms with Crippen LogP contribution in [0.5, 0.6) is 0 Å². The summed E-state index contributed by atoms with van der Waals surface area (Å²) < 4.78 is 70.2. The van der Waals surface area contributed by atoms with E-state index in [1.54, 1.807) is 0 Å². The lowest BCUT2D eigenvalue weighted by molar-refractivity contribution is -0.140. The molecule has 1 saturated carbocycles. The highest BCUT2D eigenvalue weighted by Crippen LogP contribution is 2.42. The Bertz CT molecular complexity index is 1180. The second kappa shape index (κ2) is 7.39. The number of hydrogen-bond acceptors (Lipinski definition) is 6. The molecule has 9 nitrogen and oxygen atoms in total. The molecule has 3 heterocycles. The Kier molecular flexibility index (Phi) is 5.07. The van der Waals surface area contributed by atoms with Gasteiger partial charge in [-0.2, -0.15) is 23.4 Å². The zero-order valence-corrected chi connectivity index (χ0v) is 16.7. The van der Waals surface area contributed by atoms with Crippen LogP contribution in [0, 0.1) is 0 Å². The van der Waals surface area contributed by atoms with E-state index in [0.29, 0.717) is 0 Å². The Morgan fingerprint density at radius 2 is 2.03 bits per heavy atom. The van der Waals surface area contributed by atoms with Gasteiger partial charge in [-0.05, 0) is 12.5 Å². The van der Waals surface area contributed by atoms with E-state index >= 15 is 0 Å². The Balaban J connectivity index is 1.82. The summed E-state index contributed by atoms with van der Waals surface area (Å²) in [6.07, 6.45) is -3.55. The summed E-state index contributed by atoms with van der Waals surface area (Å²) in [5.41, 5.74) is 9.42. The van der Waals surface area contributed by atoms with Crippen LogP contribution in [-0.2, 0) is 13.2 Å². The average Bonchev–Trinajstić information content (AvgIpc) is 3.23. The molecule has 4 rings (SSSR count). The number of hydrogen-bond donors (Lipinski definition) is 3. The van der Waals surface area contributed by atoms with Crippen molar-refractivity contribution in [3.05, 3.63) is 35.4 Å². The molecule has 0 bridgehead atoms. The van der Waals surface area contributed by atoms with Gasteiger partial charge in [0.25, 0.3) is 5.91 Å². The summed E-state index contributed by atoms with van der Waals surface area (Å²) in [6, 6.07) is 0.650. The molecule has 3 aromatic rings. The molecule has 3 aromatic heterocycles. The van der Waals surface area contributed by atoms with Crippen LogP contribution in [0.1, 0.15) is 46.9 Å². The Hall–Kier alpha value is -3.29. The lowest BCUT2D eigenvalue weighted by atomic mass is 9.79. The summed E-state index contributed by atoms with van der Waals surface area (Å²) in [4.78, 5) is 17.2. The van der Waals surface area contributed by atoms with E-state index in [2.05, 4.69) is 20.5 Å². The van der Waals surface area contributed by atoms with Crippen molar-refractivity contribution in [1.29, 1.82) is 0 Å². The molecule has 0 saturated heterocycles. The lowest BCUT2D eigenvalue weighted by Gasteiger charge is -2.33. The van der Waals surface area contributed by atoms with Crippen LogP contribution in [0.15, 0.2) is 18.5 Å². The fraction of sp³-hybridized carbons (Fsp3) is 0.444. The maximum atomic E-state index is 14.1. The van der Waals surface area contributed by atoms with Crippen molar-refractivity contribution in [2.45, 2.75) is 43.3 Å². The van der Waals surface area contributed by atoms with Crippen molar-refractivity contribution >= 4 is 23.1 Å². The van der Waals surface area contributed by atoms with E-state index in [9.17, 15) is 26.7 Å². The first kappa shape index (κ1) is 21.9. The van der Waals surface area contributed by atoms with Gasteiger partial charge in [-0.1, -0.05) is 0 Å². The number of nitrogens with zero attached hydrogens (tertiary/aromatic N) is 5. The molecule has 0 aliphatic heterocycles. The number of fused-ring (bicyclic) bond motifs is 1. The molecular weight excluding hydrogens is 439 g/mol. The maximum absolute atomic E-state index is 14.1. The van der Waals surface area contributed by atoms with Gasteiger partial charge in [0.05, 0.1) is 11.4 Å². The molecule has 172 valence electrons. The number of nitrogens with two attached hydrogens (primary N) is 2. The first-order valence-electron chi connectivity index (χ1n) is 9.56. The molecule has 1 amide bonds. The van der Waals surface area contributed by atoms with Crippen molar-refractivity contribution in [1.82, 2.24) is 24.4 Å². The minimum absolute atomic E-state index is 0.00799. The first-order valence-corrected chi connectivity index (χ1v) is 9.56. The van der Waals surface area contributed by atoms with E-state index in [-0.39, 0.29) is 29.1 Å². The van der Waals surface area contributed by atoms with Gasteiger partial charge in [-0.3, -0.25) is 9.48 Å². The van der Waals surface area contributed by atoms with Gasteiger partial charge < -0.3 is 16.8 Å². The third-order valence-electron chi connectivity index (χ3n) is 5.34. The summed E-state index contributed by atoms with van der Waals surface area (Å²) in [6.45, 7) is 0. The zero-order valence-electron chi connectivity index (χ0n) is 16.7. The molecule has 2 atom stereocenters. The third-order valence-corrected chi connectivity index (χ3v) is 5.34. The second-order valence-corrected chi connectivity index (χ2v) is 7.77. The molecular formula is C18H19F5N8O. The standard InChI is InChI=1S/C18H19F5N8O/c1-30-7-10(14(29-30)18(21,22)23)26-16(32)12-13(8-6-17(19,20)4-2-9(8)24)28-31-5-3-11(25)27-15(12)31/h3,5,7-9H,2,4,6,24H2,1H3,(H2,25,27)(H,26,32). The summed E-state index contributed by atoms with van der Waals surface area (Å²) in [7, 11) is 1.26. The Morgan fingerprint density at radius 3 is 2.72 bits per heavy atom. The number of carbonyl (C=O) groups excluding carboxylic acids is 1. The average molecular weight is 458 g/mol. The molecule has 1 aliphatic carbocycles. The minimum atomic E-state index is -4.83. The van der Waals surface area contributed by atoms with Crippen LogP contribution >= 0.6 is 0 Å². The van der Waals surface area contributed by atoms with Crippen LogP contribution in [0.2, 0.25) is 0 Å². The van der Waals surface area contributed by atoms with E-state index in [4.69, 9.17) is 11.5 Å². The number of amides is 1. The van der Waals surface area contributed by atoms with Gasteiger partial charge in [0.2, 0.25) is 5.92 Å². The molecule has 5 N–H and O–H groups in total. The zero-order chi connectivity index (χ0) is 23.4. The monoisotopic (exact) mass is 458 g/mol. The number of carbonyl (C=O) groups is 1. The molecule has 14 heteroatoms. The minimum Gasteiger partial charge on any atom is -0.384 e.